The molecule has 5 aromatic rings. The lowest BCUT2D eigenvalue weighted by molar-refractivity contribution is 0.101. The molecule has 9 heteroatoms. The number of rotatable bonds is 5. The Morgan fingerprint density at radius 2 is 1.66 bits per heavy atom. The van der Waals surface area contributed by atoms with Crippen LogP contribution in [0.5, 0.6) is 0 Å². The molecule has 172 valence electrons. The van der Waals surface area contributed by atoms with Crippen molar-refractivity contribution in [1.82, 2.24) is 14.4 Å². The lowest BCUT2D eigenvalue weighted by Gasteiger charge is -2.09. The average molecular weight is 486 g/mol. The first-order chi connectivity index (χ1) is 17.0. The Morgan fingerprint density at radius 3 is 2.46 bits per heavy atom. The van der Waals surface area contributed by atoms with Gasteiger partial charge in [0, 0.05) is 34.8 Å². The molecule has 7 nitrogen and oxygen atoms in total. The predicted octanol–water partition coefficient (Wildman–Crippen LogP) is 5.69. The van der Waals surface area contributed by atoms with Crippen molar-refractivity contribution in [1.29, 1.82) is 0 Å². The Hall–Kier alpha value is -4.56. The second-order valence-electron chi connectivity index (χ2n) is 7.60. The highest BCUT2D eigenvalue weighted by Crippen LogP contribution is 2.26. The van der Waals surface area contributed by atoms with Gasteiger partial charge in [0.05, 0.1) is 16.9 Å². The van der Waals surface area contributed by atoms with Crippen LogP contribution in [0.1, 0.15) is 20.7 Å². The molecule has 0 aliphatic carbocycles. The largest absolute Gasteiger partial charge is 0.322 e. The highest BCUT2D eigenvalue weighted by molar-refractivity contribution is 6.31. The Labute approximate surface area is 204 Å². The standard InChI is InChI=1S/C26H17ClFN5O2/c27-20-14-18(9-10-21(20)28)26(35)31-19-8-4-7-17(13-19)22-15-30-24-23(29-11-12-33(22)24)32-25(34)16-5-2-1-3-6-16/h1-15H,(H,31,35)(H,29,32,34). The lowest BCUT2D eigenvalue weighted by atomic mass is 10.1. The predicted molar refractivity (Wildman–Crippen MR) is 132 cm³/mol. The van der Waals surface area contributed by atoms with Crippen molar-refractivity contribution >= 4 is 40.6 Å². The summed E-state index contributed by atoms with van der Waals surface area (Å²) in [5.74, 6) is -0.976. The van der Waals surface area contributed by atoms with E-state index >= 15 is 0 Å². The molecule has 2 N–H and O–H groups in total. The van der Waals surface area contributed by atoms with E-state index in [1.165, 1.54) is 12.1 Å². The molecule has 35 heavy (non-hydrogen) atoms. The van der Waals surface area contributed by atoms with Crippen LogP contribution in [0.4, 0.5) is 15.9 Å². The van der Waals surface area contributed by atoms with Gasteiger partial charge in [0.2, 0.25) is 0 Å². The van der Waals surface area contributed by atoms with E-state index in [1.807, 2.05) is 12.1 Å². The number of anilines is 2. The summed E-state index contributed by atoms with van der Waals surface area (Å²) in [7, 11) is 0. The van der Waals surface area contributed by atoms with E-state index in [0.717, 1.165) is 17.3 Å². The first-order valence-electron chi connectivity index (χ1n) is 10.5. The van der Waals surface area contributed by atoms with E-state index in [4.69, 9.17) is 11.6 Å². The quantitative estimate of drug-likeness (QED) is 0.334. The fourth-order valence-corrected chi connectivity index (χ4v) is 3.77. The number of nitrogens with one attached hydrogen (secondary N) is 2. The normalized spacial score (nSPS) is 10.8. The Bertz CT molecular complexity index is 1570. The maximum Gasteiger partial charge on any atom is 0.256 e. The van der Waals surface area contributed by atoms with Crippen molar-refractivity contribution in [3.63, 3.8) is 0 Å². The molecule has 0 unspecified atom stereocenters. The Balaban J connectivity index is 1.41. The molecule has 2 heterocycles. The second-order valence-corrected chi connectivity index (χ2v) is 8.00. The van der Waals surface area contributed by atoms with Crippen LogP contribution >= 0.6 is 11.6 Å². The molecule has 3 aromatic carbocycles. The minimum Gasteiger partial charge on any atom is -0.322 e. The van der Waals surface area contributed by atoms with Crippen molar-refractivity contribution in [2.24, 2.45) is 0 Å². The summed E-state index contributed by atoms with van der Waals surface area (Å²) in [4.78, 5) is 33.9. The van der Waals surface area contributed by atoms with E-state index < -0.39 is 11.7 Å². The third-order valence-electron chi connectivity index (χ3n) is 5.29. The summed E-state index contributed by atoms with van der Waals surface area (Å²) in [6.45, 7) is 0. The summed E-state index contributed by atoms with van der Waals surface area (Å²) in [6.07, 6.45) is 4.97. The molecular weight excluding hydrogens is 469 g/mol. The molecule has 0 bridgehead atoms. The fourth-order valence-electron chi connectivity index (χ4n) is 3.59. The SMILES string of the molecule is O=C(Nc1cccc(-c2cnc3c(NC(=O)c4ccccc4)nccn23)c1)c1ccc(F)c(Cl)c1. The maximum atomic E-state index is 13.4. The van der Waals surface area contributed by atoms with Crippen molar-refractivity contribution in [3.05, 3.63) is 113 Å². The van der Waals surface area contributed by atoms with Crippen LogP contribution in [-0.2, 0) is 0 Å². The summed E-state index contributed by atoms with van der Waals surface area (Å²) >= 11 is 5.79. The zero-order chi connectivity index (χ0) is 24.4. The monoisotopic (exact) mass is 485 g/mol. The van der Waals surface area contributed by atoms with Crippen molar-refractivity contribution in [2.45, 2.75) is 0 Å². The zero-order valence-electron chi connectivity index (χ0n) is 18.1. The van der Waals surface area contributed by atoms with Crippen LogP contribution in [-0.4, -0.2) is 26.2 Å². The first-order valence-corrected chi connectivity index (χ1v) is 10.9. The van der Waals surface area contributed by atoms with Crippen LogP contribution in [0.3, 0.4) is 0 Å². The zero-order valence-corrected chi connectivity index (χ0v) is 18.8. The van der Waals surface area contributed by atoms with Gasteiger partial charge in [0.25, 0.3) is 11.8 Å². The highest BCUT2D eigenvalue weighted by Gasteiger charge is 2.15. The molecule has 0 aliphatic rings. The molecule has 2 aromatic heterocycles. The molecule has 5 rings (SSSR count). The summed E-state index contributed by atoms with van der Waals surface area (Å²) in [6, 6.07) is 19.8. The topological polar surface area (TPSA) is 88.4 Å². The number of halogens is 2. The minimum absolute atomic E-state index is 0.124. The molecule has 0 saturated heterocycles. The van der Waals surface area contributed by atoms with Gasteiger partial charge >= 0.3 is 0 Å². The summed E-state index contributed by atoms with van der Waals surface area (Å²) in [5.41, 5.74) is 3.27. The third-order valence-corrected chi connectivity index (χ3v) is 5.58. The van der Waals surface area contributed by atoms with E-state index in [1.54, 1.807) is 65.5 Å². The van der Waals surface area contributed by atoms with Gasteiger partial charge in [0.15, 0.2) is 11.5 Å². The van der Waals surface area contributed by atoms with Gasteiger partial charge < -0.3 is 10.6 Å². The van der Waals surface area contributed by atoms with E-state index in [0.29, 0.717) is 22.7 Å². The highest BCUT2D eigenvalue weighted by atomic mass is 35.5. The molecule has 0 fully saturated rings. The van der Waals surface area contributed by atoms with E-state index in [-0.39, 0.29) is 16.5 Å². The van der Waals surface area contributed by atoms with Gasteiger partial charge in [-0.1, -0.05) is 41.9 Å². The van der Waals surface area contributed by atoms with Gasteiger partial charge in [-0.2, -0.15) is 0 Å². The summed E-state index contributed by atoms with van der Waals surface area (Å²) in [5, 5.41) is 5.47. The number of hydrogen-bond acceptors (Lipinski definition) is 4. The number of benzene rings is 3. The van der Waals surface area contributed by atoms with Crippen molar-refractivity contribution < 1.29 is 14.0 Å². The van der Waals surface area contributed by atoms with Crippen LogP contribution in [0, 0.1) is 5.82 Å². The van der Waals surface area contributed by atoms with Gasteiger partial charge in [-0.15, -0.1) is 0 Å². The Morgan fingerprint density at radius 1 is 0.857 bits per heavy atom. The van der Waals surface area contributed by atoms with Crippen molar-refractivity contribution in [2.75, 3.05) is 10.6 Å². The number of hydrogen-bond donors (Lipinski definition) is 2. The lowest BCUT2D eigenvalue weighted by Crippen LogP contribution is -2.13. The van der Waals surface area contributed by atoms with Crippen LogP contribution in [0.25, 0.3) is 16.9 Å². The average Bonchev–Trinajstić information content (AvgIpc) is 3.31. The Kier molecular flexibility index (Phi) is 5.95. The molecular formula is C26H17ClFN5O2. The molecule has 2 amide bonds. The van der Waals surface area contributed by atoms with Gasteiger partial charge in [-0.25, -0.2) is 14.4 Å². The number of nitrogens with zero attached hydrogens (tertiary/aromatic N) is 3. The number of amides is 2. The van der Waals surface area contributed by atoms with Gasteiger partial charge in [0.1, 0.15) is 5.82 Å². The van der Waals surface area contributed by atoms with E-state index in [2.05, 4.69) is 20.6 Å². The molecule has 0 aliphatic heterocycles. The molecule has 0 radical (unpaired) electrons. The summed E-state index contributed by atoms with van der Waals surface area (Å²) < 4.78 is 15.2. The molecule has 0 saturated carbocycles. The van der Waals surface area contributed by atoms with Crippen LogP contribution in [0.15, 0.2) is 91.4 Å². The fraction of sp³-hybridized carbons (Fsp3) is 0. The van der Waals surface area contributed by atoms with Crippen LogP contribution < -0.4 is 10.6 Å². The van der Waals surface area contributed by atoms with Crippen molar-refractivity contribution in [3.8, 4) is 11.3 Å². The van der Waals surface area contributed by atoms with Gasteiger partial charge in [-0.3, -0.25) is 14.0 Å². The number of fused-ring (bicyclic) bond motifs is 1. The first kappa shape index (κ1) is 22.2. The smallest absolute Gasteiger partial charge is 0.256 e. The number of carbonyl (C=O) groups excluding carboxylic acids is 2. The molecule has 0 atom stereocenters. The second kappa shape index (κ2) is 9.36. The van der Waals surface area contributed by atoms with Crippen LogP contribution in [0.2, 0.25) is 5.02 Å². The number of imidazole rings is 1. The van der Waals surface area contributed by atoms with Gasteiger partial charge in [-0.05, 0) is 42.5 Å². The number of carbonyl (C=O) groups is 2. The minimum atomic E-state index is -0.591. The maximum absolute atomic E-state index is 13.4. The molecule has 0 spiro atoms. The number of aromatic nitrogens is 3. The third kappa shape index (κ3) is 4.60. The van der Waals surface area contributed by atoms with E-state index in [9.17, 15) is 14.0 Å².